The minimum absolute atomic E-state index is 0.102. The van der Waals surface area contributed by atoms with E-state index in [-0.39, 0.29) is 36.4 Å². The molecule has 4 aliphatic rings. The van der Waals surface area contributed by atoms with Gasteiger partial charge in [-0.1, -0.05) is 36.8 Å². The maximum Gasteiger partial charge on any atom is 0.255 e. The Morgan fingerprint density at radius 2 is 1.76 bits per heavy atom. The second kappa shape index (κ2) is 10.3. The fourth-order valence-corrected chi connectivity index (χ4v) is 6.07. The van der Waals surface area contributed by atoms with E-state index in [1.807, 2.05) is 36.4 Å². The van der Waals surface area contributed by atoms with E-state index < -0.39 is 6.04 Å². The van der Waals surface area contributed by atoms with Gasteiger partial charge < -0.3 is 14.4 Å². The Hall–Kier alpha value is -3.23. The Balaban J connectivity index is 1.06. The van der Waals surface area contributed by atoms with Crippen LogP contribution in [0, 0.1) is 0 Å². The molecule has 6 rings (SSSR count). The van der Waals surface area contributed by atoms with Crippen LogP contribution in [-0.2, 0) is 27.5 Å². The van der Waals surface area contributed by atoms with E-state index in [1.54, 1.807) is 4.90 Å². The van der Waals surface area contributed by atoms with Crippen molar-refractivity contribution in [2.45, 2.75) is 76.0 Å². The number of amides is 3. The van der Waals surface area contributed by atoms with Gasteiger partial charge in [0.25, 0.3) is 5.91 Å². The zero-order valence-electron chi connectivity index (χ0n) is 20.9. The third kappa shape index (κ3) is 5.00. The second-order valence-electron chi connectivity index (χ2n) is 10.6. The summed E-state index contributed by atoms with van der Waals surface area (Å²) in [6, 6.07) is 15.7. The smallest absolute Gasteiger partial charge is 0.255 e. The number of fused-ring (bicyclic) bond motifs is 1. The minimum Gasteiger partial charge on any atom is -0.489 e. The molecule has 0 aromatic heterocycles. The van der Waals surface area contributed by atoms with Crippen LogP contribution < -0.4 is 10.1 Å². The molecular weight excluding hydrogens is 470 g/mol. The van der Waals surface area contributed by atoms with Crippen molar-refractivity contribution in [1.82, 2.24) is 15.1 Å². The van der Waals surface area contributed by atoms with Crippen LogP contribution in [0.1, 0.15) is 60.0 Å². The summed E-state index contributed by atoms with van der Waals surface area (Å²) in [6.07, 6.45) is 5.45. The van der Waals surface area contributed by atoms with Crippen LogP contribution in [0.25, 0.3) is 0 Å². The number of imide groups is 1. The number of hydrogen-bond donors (Lipinski definition) is 1. The molecule has 194 valence electrons. The number of rotatable bonds is 7. The summed E-state index contributed by atoms with van der Waals surface area (Å²) in [4.78, 5) is 40.9. The Labute approximate surface area is 216 Å². The highest BCUT2D eigenvalue weighted by Gasteiger charge is 2.41. The SMILES string of the molecule is O=C1CCC(N2Cc3cc(OC4CCCCC4N4CC(OCc5ccccc5)C4)ccc3C2=O)C(=O)N1. The largest absolute Gasteiger partial charge is 0.489 e. The van der Waals surface area contributed by atoms with Crippen molar-refractivity contribution in [3.05, 3.63) is 65.2 Å². The minimum atomic E-state index is -0.604. The number of carbonyl (C=O) groups excluding carboxylic acids is 3. The molecule has 3 atom stereocenters. The topological polar surface area (TPSA) is 88.2 Å². The van der Waals surface area contributed by atoms with E-state index in [1.165, 1.54) is 12.0 Å². The first-order valence-electron chi connectivity index (χ1n) is 13.4. The average molecular weight is 504 g/mol. The van der Waals surface area contributed by atoms with Crippen LogP contribution in [0.2, 0.25) is 0 Å². The van der Waals surface area contributed by atoms with Gasteiger partial charge in [0, 0.05) is 37.7 Å². The van der Waals surface area contributed by atoms with Crippen LogP contribution in [0.5, 0.6) is 5.75 Å². The molecule has 2 aromatic carbocycles. The first kappa shape index (κ1) is 24.1. The second-order valence-corrected chi connectivity index (χ2v) is 10.6. The molecule has 0 bridgehead atoms. The molecule has 3 amide bonds. The molecular formula is C29H33N3O5. The van der Waals surface area contributed by atoms with Crippen LogP contribution in [0.3, 0.4) is 0 Å². The first-order valence-corrected chi connectivity index (χ1v) is 13.4. The van der Waals surface area contributed by atoms with Crippen molar-refractivity contribution in [2.75, 3.05) is 13.1 Å². The van der Waals surface area contributed by atoms with Crippen molar-refractivity contribution in [2.24, 2.45) is 0 Å². The van der Waals surface area contributed by atoms with Gasteiger partial charge in [-0.3, -0.25) is 24.6 Å². The summed E-state index contributed by atoms with van der Waals surface area (Å²) in [7, 11) is 0. The first-order chi connectivity index (χ1) is 18.0. The molecule has 8 heteroatoms. The Morgan fingerprint density at radius 3 is 2.57 bits per heavy atom. The fourth-order valence-electron chi connectivity index (χ4n) is 6.07. The molecule has 3 heterocycles. The molecule has 37 heavy (non-hydrogen) atoms. The van der Waals surface area contributed by atoms with Gasteiger partial charge in [0.1, 0.15) is 17.9 Å². The molecule has 1 saturated carbocycles. The summed E-state index contributed by atoms with van der Waals surface area (Å²) >= 11 is 0. The van der Waals surface area contributed by atoms with Crippen molar-refractivity contribution < 1.29 is 23.9 Å². The molecule has 8 nitrogen and oxygen atoms in total. The lowest BCUT2D eigenvalue weighted by atomic mass is 9.89. The Morgan fingerprint density at radius 1 is 0.946 bits per heavy atom. The lowest BCUT2D eigenvalue weighted by Gasteiger charge is -2.48. The molecule has 1 aliphatic carbocycles. The Bertz CT molecular complexity index is 1180. The third-order valence-electron chi connectivity index (χ3n) is 8.12. The third-order valence-corrected chi connectivity index (χ3v) is 8.12. The standard InChI is InChI=1S/C29H33N3O5/c33-27-13-12-25(28(34)30-27)32-15-20-14-21(10-11-23(20)29(32)35)37-26-9-5-4-8-24(26)31-16-22(17-31)36-18-19-6-2-1-3-7-19/h1-3,6-7,10-11,14,22,24-26H,4-5,8-9,12-13,15-18H2,(H,30,33,34). The van der Waals surface area contributed by atoms with Crippen molar-refractivity contribution in [3.8, 4) is 5.75 Å². The predicted molar refractivity (Wildman–Crippen MR) is 136 cm³/mol. The van der Waals surface area contributed by atoms with Gasteiger partial charge in [0.05, 0.1) is 12.7 Å². The number of likely N-dealkylation sites (tertiary alicyclic amines) is 1. The number of hydrogen-bond acceptors (Lipinski definition) is 6. The normalized spacial score (nSPS) is 26.5. The van der Waals surface area contributed by atoms with E-state index in [0.717, 1.165) is 43.7 Å². The van der Waals surface area contributed by atoms with Gasteiger partial charge in [0.2, 0.25) is 11.8 Å². The highest BCUT2D eigenvalue weighted by atomic mass is 16.5. The van der Waals surface area contributed by atoms with E-state index in [2.05, 4.69) is 22.3 Å². The van der Waals surface area contributed by atoms with Gasteiger partial charge in [-0.2, -0.15) is 0 Å². The van der Waals surface area contributed by atoms with Crippen molar-refractivity contribution >= 4 is 17.7 Å². The van der Waals surface area contributed by atoms with Crippen molar-refractivity contribution in [3.63, 3.8) is 0 Å². The quantitative estimate of drug-likeness (QED) is 0.585. The predicted octanol–water partition coefficient (Wildman–Crippen LogP) is 3.04. The summed E-state index contributed by atoms with van der Waals surface area (Å²) in [5.41, 5.74) is 2.68. The molecule has 2 aromatic rings. The van der Waals surface area contributed by atoms with E-state index in [9.17, 15) is 14.4 Å². The maximum absolute atomic E-state index is 13.0. The molecule has 0 spiro atoms. The molecule has 3 unspecified atom stereocenters. The van der Waals surface area contributed by atoms with Gasteiger partial charge in [0.15, 0.2) is 0 Å². The summed E-state index contributed by atoms with van der Waals surface area (Å²) in [6.45, 7) is 2.86. The Kier molecular flexibility index (Phi) is 6.69. The van der Waals surface area contributed by atoms with E-state index in [0.29, 0.717) is 31.2 Å². The molecule has 1 N–H and O–H groups in total. The molecule has 0 radical (unpaired) electrons. The van der Waals surface area contributed by atoms with Crippen LogP contribution >= 0.6 is 0 Å². The maximum atomic E-state index is 13.0. The average Bonchev–Trinajstić information content (AvgIpc) is 3.20. The summed E-state index contributed by atoms with van der Waals surface area (Å²) < 4.78 is 12.6. The molecule has 2 saturated heterocycles. The monoisotopic (exact) mass is 503 g/mol. The van der Waals surface area contributed by atoms with Gasteiger partial charge in [-0.05, 0) is 55.0 Å². The summed E-state index contributed by atoms with van der Waals surface area (Å²) in [5.74, 6) is -0.0568. The van der Waals surface area contributed by atoms with E-state index in [4.69, 9.17) is 9.47 Å². The highest BCUT2D eigenvalue weighted by molar-refractivity contribution is 6.05. The zero-order valence-corrected chi connectivity index (χ0v) is 20.9. The number of piperidine rings is 1. The highest BCUT2D eigenvalue weighted by Crippen LogP contribution is 2.34. The fraction of sp³-hybridized carbons (Fsp3) is 0.483. The number of nitrogens with zero attached hydrogens (tertiary/aromatic N) is 2. The zero-order chi connectivity index (χ0) is 25.4. The van der Waals surface area contributed by atoms with Crippen LogP contribution in [0.15, 0.2) is 48.5 Å². The van der Waals surface area contributed by atoms with Crippen molar-refractivity contribution in [1.29, 1.82) is 0 Å². The number of nitrogens with one attached hydrogen (secondary N) is 1. The van der Waals surface area contributed by atoms with Gasteiger partial charge in [-0.25, -0.2) is 0 Å². The lowest BCUT2D eigenvalue weighted by Crippen LogP contribution is -2.61. The number of carbonyl (C=O) groups is 3. The van der Waals surface area contributed by atoms with Crippen LogP contribution in [-0.4, -0.2) is 64.9 Å². The lowest BCUT2D eigenvalue weighted by molar-refractivity contribution is -0.136. The number of ether oxygens (including phenoxy) is 2. The number of benzene rings is 2. The van der Waals surface area contributed by atoms with Crippen LogP contribution in [0.4, 0.5) is 0 Å². The van der Waals surface area contributed by atoms with E-state index >= 15 is 0 Å². The van der Waals surface area contributed by atoms with Gasteiger partial charge in [-0.15, -0.1) is 0 Å². The molecule has 3 fully saturated rings. The van der Waals surface area contributed by atoms with Gasteiger partial charge >= 0.3 is 0 Å². The summed E-state index contributed by atoms with van der Waals surface area (Å²) in [5, 5.41) is 2.35. The molecule has 3 aliphatic heterocycles.